The molecular weight excluding hydrogens is 254 g/mol. The average molecular weight is 265 g/mol. The van der Waals surface area contributed by atoms with E-state index in [9.17, 15) is 9.59 Å². The molecule has 2 aromatic rings. The number of carbonyl (C=O) groups is 2. The van der Waals surface area contributed by atoms with Gasteiger partial charge in [0.1, 0.15) is 0 Å². The van der Waals surface area contributed by atoms with Crippen LogP contribution in [-0.2, 0) is 15.1 Å². The van der Waals surface area contributed by atoms with Gasteiger partial charge in [-0.2, -0.15) is 0 Å². The van der Waals surface area contributed by atoms with Gasteiger partial charge in [-0.1, -0.05) is 48.5 Å². The van der Waals surface area contributed by atoms with E-state index in [-0.39, 0.29) is 11.7 Å². The van der Waals surface area contributed by atoms with Crippen molar-refractivity contribution in [2.24, 2.45) is 0 Å². The fourth-order valence-electron chi connectivity index (χ4n) is 2.77. The lowest BCUT2D eigenvalue weighted by molar-refractivity contribution is -0.120. The van der Waals surface area contributed by atoms with Crippen LogP contribution in [0.3, 0.4) is 0 Å². The van der Waals surface area contributed by atoms with Gasteiger partial charge in [0.25, 0.3) is 5.91 Å². The Bertz CT molecular complexity index is 726. The van der Waals surface area contributed by atoms with Gasteiger partial charge in [-0.3, -0.25) is 9.59 Å². The Balaban J connectivity index is 1.73. The van der Waals surface area contributed by atoms with Crippen molar-refractivity contribution in [1.29, 1.82) is 0 Å². The van der Waals surface area contributed by atoms with Crippen LogP contribution >= 0.6 is 0 Å². The van der Waals surface area contributed by atoms with Gasteiger partial charge in [-0.25, -0.2) is 0 Å². The second-order valence-corrected chi connectivity index (χ2v) is 4.96. The minimum absolute atomic E-state index is 0.155. The van der Waals surface area contributed by atoms with E-state index in [4.69, 9.17) is 4.74 Å². The molecule has 98 valence electrons. The molecule has 1 fully saturated rings. The standard InChI is InChI=1S/C16H11NO3/c18-13(10-6-2-1-3-7-10)14-16(20-14)11-8-4-5-9-12(11)17-15(16)19/h1-9,14H,(H,17,19)/t14-,16+/m1/s1. The summed E-state index contributed by atoms with van der Waals surface area (Å²) in [7, 11) is 0. The molecule has 1 N–H and O–H groups in total. The third kappa shape index (κ3) is 1.34. The lowest BCUT2D eigenvalue weighted by Crippen LogP contribution is -2.27. The summed E-state index contributed by atoms with van der Waals surface area (Å²) < 4.78 is 5.56. The van der Waals surface area contributed by atoms with Crippen molar-refractivity contribution < 1.29 is 14.3 Å². The maximum Gasteiger partial charge on any atom is 0.264 e. The van der Waals surface area contributed by atoms with Crippen molar-refractivity contribution in [1.82, 2.24) is 0 Å². The van der Waals surface area contributed by atoms with Crippen molar-refractivity contribution in [2.75, 3.05) is 5.32 Å². The van der Waals surface area contributed by atoms with Gasteiger partial charge in [0.05, 0.1) is 0 Å². The highest BCUT2D eigenvalue weighted by Crippen LogP contribution is 2.54. The monoisotopic (exact) mass is 265 g/mol. The molecule has 4 rings (SSSR count). The lowest BCUT2D eigenvalue weighted by atomic mass is 9.92. The van der Waals surface area contributed by atoms with Gasteiger partial charge in [-0.05, 0) is 6.07 Å². The zero-order valence-corrected chi connectivity index (χ0v) is 10.5. The Morgan fingerprint density at radius 3 is 2.55 bits per heavy atom. The second-order valence-electron chi connectivity index (χ2n) is 4.96. The molecule has 2 aromatic carbocycles. The SMILES string of the molecule is O=C(c1ccccc1)[C@H]1O[C@]12C(=O)Nc1ccccc12. The summed E-state index contributed by atoms with van der Waals surface area (Å²) in [4.78, 5) is 24.6. The molecule has 0 aromatic heterocycles. The minimum atomic E-state index is -1.12. The number of ether oxygens (including phenoxy) is 1. The van der Waals surface area contributed by atoms with Crippen LogP contribution in [0.4, 0.5) is 5.69 Å². The molecule has 2 heterocycles. The van der Waals surface area contributed by atoms with Gasteiger partial charge in [0.15, 0.2) is 11.9 Å². The number of anilines is 1. The fourth-order valence-corrected chi connectivity index (χ4v) is 2.77. The molecule has 4 heteroatoms. The molecule has 0 saturated carbocycles. The molecule has 1 saturated heterocycles. The molecule has 2 atom stereocenters. The van der Waals surface area contributed by atoms with Gasteiger partial charge in [-0.15, -0.1) is 0 Å². The molecule has 0 radical (unpaired) electrons. The predicted octanol–water partition coefficient (Wildman–Crippen LogP) is 2.12. The summed E-state index contributed by atoms with van der Waals surface area (Å²) in [5, 5.41) is 2.77. The third-order valence-corrected chi connectivity index (χ3v) is 3.82. The first-order valence-corrected chi connectivity index (χ1v) is 6.41. The minimum Gasteiger partial charge on any atom is -0.342 e. The zero-order chi connectivity index (χ0) is 13.7. The van der Waals surface area contributed by atoms with Gasteiger partial charge < -0.3 is 10.1 Å². The number of hydrogen-bond acceptors (Lipinski definition) is 3. The highest BCUT2D eigenvalue weighted by Gasteiger charge is 2.70. The lowest BCUT2D eigenvalue weighted by Gasteiger charge is -2.02. The summed E-state index contributed by atoms with van der Waals surface area (Å²) >= 11 is 0. The normalized spacial score (nSPS) is 26.2. The molecule has 0 bridgehead atoms. The van der Waals surface area contributed by atoms with Crippen molar-refractivity contribution in [3.63, 3.8) is 0 Å². The van der Waals surface area contributed by atoms with Crippen LogP contribution in [-0.4, -0.2) is 17.8 Å². The highest BCUT2D eigenvalue weighted by molar-refractivity contribution is 6.15. The van der Waals surface area contributed by atoms with Crippen LogP contribution < -0.4 is 5.32 Å². The molecule has 0 unspecified atom stereocenters. The number of Topliss-reactive ketones (excluding diaryl/α,β-unsaturated/α-hetero) is 1. The van der Waals surface area contributed by atoms with E-state index >= 15 is 0 Å². The Kier molecular flexibility index (Phi) is 2.15. The summed E-state index contributed by atoms with van der Waals surface area (Å²) in [5.74, 6) is -0.412. The Labute approximate surface area is 115 Å². The number of benzene rings is 2. The number of fused-ring (bicyclic) bond motifs is 2. The topological polar surface area (TPSA) is 58.7 Å². The smallest absolute Gasteiger partial charge is 0.264 e. The molecule has 2 aliphatic rings. The Hall–Kier alpha value is -2.46. The van der Waals surface area contributed by atoms with Crippen LogP contribution in [0, 0.1) is 0 Å². The van der Waals surface area contributed by atoms with E-state index in [2.05, 4.69) is 5.32 Å². The van der Waals surface area contributed by atoms with Gasteiger partial charge in [0.2, 0.25) is 5.60 Å². The Morgan fingerprint density at radius 2 is 1.75 bits per heavy atom. The first-order valence-electron chi connectivity index (χ1n) is 6.41. The maximum atomic E-state index is 12.4. The second kappa shape index (κ2) is 3.77. The average Bonchev–Trinajstić information content (AvgIpc) is 3.18. The van der Waals surface area contributed by atoms with E-state index in [1.807, 2.05) is 30.3 Å². The molecule has 1 amide bonds. The number of carbonyl (C=O) groups excluding carboxylic acids is 2. The van der Waals surface area contributed by atoms with E-state index in [1.165, 1.54) is 0 Å². The van der Waals surface area contributed by atoms with Crippen molar-refractivity contribution in [3.8, 4) is 0 Å². The van der Waals surface area contributed by atoms with E-state index in [1.54, 1.807) is 24.3 Å². The first kappa shape index (κ1) is 11.4. The summed E-state index contributed by atoms with van der Waals surface area (Å²) in [5.41, 5.74) is 0.912. The van der Waals surface area contributed by atoms with Crippen LogP contribution in [0.1, 0.15) is 15.9 Å². The quantitative estimate of drug-likeness (QED) is 0.668. The van der Waals surface area contributed by atoms with Crippen LogP contribution in [0.5, 0.6) is 0 Å². The van der Waals surface area contributed by atoms with Crippen molar-refractivity contribution in [3.05, 3.63) is 65.7 Å². The number of rotatable bonds is 2. The summed E-state index contributed by atoms with van der Waals surface area (Å²) in [6, 6.07) is 16.2. The predicted molar refractivity (Wildman–Crippen MR) is 72.4 cm³/mol. The number of hydrogen-bond donors (Lipinski definition) is 1. The highest BCUT2D eigenvalue weighted by atomic mass is 16.6. The van der Waals surface area contributed by atoms with E-state index in [0.717, 1.165) is 11.3 Å². The molecule has 1 spiro atoms. The number of ketones is 1. The van der Waals surface area contributed by atoms with Gasteiger partial charge >= 0.3 is 0 Å². The largest absolute Gasteiger partial charge is 0.342 e. The Morgan fingerprint density at radius 1 is 1.05 bits per heavy atom. The van der Waals surface area contributed by atoms with Crippen molar-refractivity contribution in [2.45, 2.75) is 11.7 Å². The van der Waals surface area contributed by atoms with Crippen LogP contribution in [0.15, 0.2) is 54.6 Å². The number of epoxide rings is 1. The first-order chi connectivity index (χ1) is 9.73. The molecule has 2 aliphatic heterocycles. The van der Waals surface area contributed by atoms with E-state index < -0.39 is 11.7 Å². The third-order valence-electron chi connectivity index (χ3n) is 3.82. The van der Waals surface area contributed by atoms with Gasteiger partial charge in [0, 0.05) is 16.8 Å². The molecular formula is C16H11NO3. The molecule has 0 aliphatic carbocycles. The fraction of sp³-hybridized carbons (Fsp3) is 0.125. The number of nitrogens with one attached hydrogen (secondary N) is 1. The maximum absolute atomic E-state index is 12.4. The van der Waals surface area contributed by atoms with E-state index in [0.29, 0.717) is 5.56 Å². The van der Waals surface area contributed by atoms with Crippen LogP contribution in [0.2, 0.25) is 0 Å². The molecule has 4 nitrogen and oxygen atoms in total. The summed E-state index contributed by atoms with van der Waals surface area (Å²) in [6.07, 6.45) is -0.728. The number of amides is 1. The van der Waals surface area contributed by atoms with Crippen LogP contribution in [0.25, 0.3) is 0 Å². The number of para-hydroxylation sites is 1. The van der Waals surface area contributed by atoms with Crippen molar-refractivity contribution >= 4 is 17.4 Å². The molecule has 20 heavy (non-hydrogen) atoms. The zero-order valence-electron chi connectivity index (χ0n) is 10.5. The summed E-state index contributed by atoms with van der Waals surface area (Å²) in [6.45, 7) is 0.